The summed E-state index contributed by atoms with van der Waals surface area (Å²) in [6, 6.07) is 0. The minimum atomic E-state index is -0.512. The highest BCUT2D eigenvalue weighted by Gasteiger charge is 2.30. The van der Waals surface area contributed by atoms with E-state index in [1.165, 1.54) is 0 Å². The Morgan fingerprint density at radius 1 is 1.37 bits per heavy atom. The molecule has 0 aliphatic carbocycles. The summed E-state index contributed by atoms with van der Waals surface area (Å²) in [6.45, 7) is 6.34. The molecule has 104 valence electrons. The number of anilines is 2. The molecule has 7 heteroatoms. The summed E-state index contributed by atoms with van der Waals surface area (Å²) in [5.41, 5.74) is 6.78. The van der Waals surface area contributed by atoms with Gasteiger partial charge >= 0.3 is 6.09 Å². The van der Waals surface area contributed by atoms with Gasteiger partial charge in [0.25, 0.3) is 0 Å². The average Bonchev–Trinajstić information content (AvgIpc) is 2.69. The molecule has 2 heterocycles. The van der Waals surface area contributed by atoms with Crippen molar-refractivity contribution in [3.63, 3.8) is 0 Å². The molecule has 0 bridgehead atoms. The van der Waals surface area contributed by atoms with E-state index in [-0.39, 0.29) is 12.0 Å². The fraction of sp³-hybridized carbons (Fsp3) is 0.583. The van der Waals surface area contributed by atoms with Crippen LogP contribution in [0.25, 0.3) is 0 Å². The lowest BCUT2D eigenvalue weighted by molar-refractivity contribution is 0.0241. The molecular formula is C12H19N5O2. The third-order valence-electron chi connectivity index (χ3n) is 2.69. The van der Waals surface area contributed by atoms with Crippen LogP contribution < -0.4 is 11.1 Å². The van der Waals surface area contributed by atoms with E-state index in [2.05, 4.69) is 15.3 Å². The molecule has 19 heavy (non-hydrogen) atoms. The monoisotopic (exact) mass is 265 g/mol. The van der Waals surface area contributed by atoms with E-state index in [9.17, 15) is 4.79 Å². The second-order valence-electron chi connectivity index (χ2n) is 5.44. The van der Waals surface area contributed by atoms with Crippen molar-refractivity contribution in [1.29, 1.82) is 0 Å². The van der Waals surface area contributed by atoms with Gasteiger partial charge in [-0.15, -0.1) is 0 Å². The number of carbonyl (C=O) groups is 1. The number of amides is 1. The molecule has 0 saturated carbocycles. The Morgan fingerprint density at radius 3 is 2.63 bits per heavy atom. The molecule has 3 N–H and O–H groups in total. The van der Waals surface area contributed by atoms with Gasteiger partial charge in [-0.3, -0.25) is 4.90 Å². The Kier molecular flexibility index (Phi) is 3.21. The molecule has 1 aliphatic rings. The van der Waals surface area contributed by atoms with Crippen molar-refractivity contribution in [2.45, 2.75) is 39.5 Å². The lowest BCUT2D eigenvalue weighted by Gasteiger charge is -2.23. The third kappa shape index (κ3) is 2.86. The van der Waals surface area contributed by atoms with Crippen LogP contribution >= 0.6 is 0 Å². The summed E-state index contributed by atoms with van der Waals surface area (Å²) >= 11 is 0. The molecule has 0 atom stereocenters. The van der Waals surface area contributed by atoms with Crippen LogP contribution in [0.2, 0.25) is 0 Å². The van der Waals surface area contributed by atoms with E-state index >= 15 is 0 Å². The quantitative estimate of drug-likeness (QED) is 0.796. The Labute approximate surface area is 112 Å². The van der Waals surface area contributed by atoms with Crippen LogP contribution in [-0.2, 0) is 17.8 Å². The highest BCUT2D eigenvalue weighted by atomic mass is 16.6. The summed E-state index contributed by atoms with van der Waals surface area (Å²) in [5, 5.41) is 2.97. The second kappa shape index (κ2) is 4.56. The van der Waals surface area contributed by atoms with Gasteiger partial charge in [0.05, 0.1) is 18.8 Å². The molecular weight excluding hydrogens is 246 g/mol. The number of hydrogen-bond donors (Lipinski definition) is 2. The normalized spacial score (nSPS) is 14.2. The molecule has 0 fully saturated rings. The van der Waals surface area contributed by atoms with Gasteiger partial charge in [0.1, 0.15) is 11.4 Å². The number of hydrogen-bond acceptors (Lipinski definition) is 6. The third-order valence-corrected chi connectivity index (χ3v) is 2.69. The molecule has 0 saturated heterocycles. The Bertz CT molecular complexity index is 510. The summed E-state index contributed by atoms with van der Waals surface area (Å²) in [6.07, 6.45) is -0.355. The average molecular weight is 265 g/mol. The van der Waals surface area contributed by atoms with Crippen molar-refractivity contribution < 1.29 is 9.53 Å². The maximum Gasteiger partial charge on any atom is 0.410 e. The highest BCUT2D eigenvalue weighted by molar-refractivity contribution is 5.70. The molecule has 0 radical (unpaired) electrons. The maximum atomic E-state index is 12.0. The van der Waals surface area contributed by atoms with Gasteiger partial charge in [-0.1, -0.05) is 0 Å². The zero-order chi connectivity index (χ0) is 14.2. The minimum Gasteiger partial charge on any atom is -0.444 e. The first kappa shape index (κ1) is 13.4. The molecule has 2 rings (SSSR count). The van der Waals surface area contributed by atoms with Crippen LogP contribution in [0.15, 0.2) is 0 Å². The van der Waals surface area contributed by atoms with Crippen molar-refractivity contribution >= 4 is 17.9 Å². The molecule has 1 aromatic heterocycles. The van der Waals surface area contributed by atoms with E-state index < -0.39 is 5.60 Å². The fourth-order valence-electron chi connectivity index (χ4n) is 1.94. The van der Waals surface area contributed by atoms with Gasteiger partial charge in [0, 0.05) is 12.6 Å². The van der Waals surface area contributed by atoms with Crippen LogP contribution in [0.4, 0.5) is 16.6 Å². The first-order chi connectivity index (χ1) is 8.80. The number of rotatable bonds is 1. The summed E-state index contributed by atoms with van der Waals surface area (Å²) in [7, 11) is 1.76. The largest absolute Gasteiger partial charge is 0.444 e. The van der Waals surface area contributed by atoms with Crippen molar-refractivity contribution in [2.24, 2.45) is 0 Å². The number of nitrogen functional groups attached to an aromatic ring is 1. The number of fused-ring (bicyclic) bond motifs is 1. The minimum absolute atomic E-state index is 0.203. The van der Waals surface area contributed by atoms with Gasteiger partial charge in [-0.05, 0) is 20.8 Å². The van der Waals surface area contributed by atoms with Gasteiger partial charge in [0.2, 0.25) is 5.95 Å². The predicted octanol–water partition coefficient (Wildman–Crippen LogP) is 1.35. The van der Waals surface area contributed by atoms with Crippen molar-refractivity contribution in [1.82, 2.24) is 14.9 Å². The lowest BCUT2D eigenvalue weighted by Crippen LogP contribution is -2.33. The molecule has 1 aliphatic heterocycles. The number of nitrogens with two attached hydrogens (primary N) is 1. The van der Waals surface area contributed by atoms with Crippen LogP contribution in [-0.4, -0.2) is 33.6 Å². The summed E-state index contributed by atoms with van der Waals surface area (Å²) in [4.78, 5) is 21.9. The van der Waals surface area contributed by atoms with Crippen molar-refractivity contribution in [3.8, 4) is 0 Å². The van der Waals surface area contributed by atoms with Gasteiger partial charge < -0.3 is 15.8 Å². The highest BCUT2D eigenvalue weighted by Crippen LogP contribution is 2.28. The maximum absolute atomic E-state index is 12.0. The van der Waals surface area contributed by atoms with E-state index in [4.69, 9.17) is 10.5 Å². The van der Waals surface area contributed by atoms with E-state index in [1.807, 2.05) is 20.8 Å². The van der Waals surface area contributed by atoms with E-state index in [1.54, 1.807) is 11.9 Å². The zero-order valence-electron chi connectivity index (χ0n) is 11.6. The SMILES string of the molecule is CNc1nc(N)nc2c1CN(C(=O)OC(C)(C)C)C2. The number of nitrogens with one attached hydrogen (secondary N) is 1. The number of nitrogens with zero attached hydrogens (tertiary/aromatic N) is 3. The van der Waals surface area contributed by atoms with Crippen LogP contribution in [0.1, 0.15) is 32.0 Å². The topological polar surface area (TPSA) is 93.4 Å². The lowest BCUT2D eigenvalue weighted by atomic mass is 10.2. The number of ether oxygens (including phenoxy) is 1. The van der Waals surface area contributed by atoms with Gasteiger partial charge in [-0.2, -0.15) is 4.98 Å². The molecule has 0 aromatic carbocycles. The van der Waals surface area contributed by atoms with Crippen LogP contribution in [0.3, 0.4) is 0 Å². The first-order valence-corrected chi connectivity index (χ1v) is 6.11. The Morgan fingerprint density at radius 2 is 2.05 bits per heavy atom. The van der Waals surface area contributed by atoms with Gasteiger partial charge in [-0.25, -0.2) is 9.78 Å². The van der Waals surface area contributed by atoms with Crippen molar-refractivity contribution in [3.05, 3.63) is 11.3 Å². The second-order valence-corrected chi connectivity index (χ2v) is 5.44. The first-order valence-electron chi connectivity index (χ1n) is 6.11. The van der Waals surface area contributed by atoms with Crippen LogP contribution in [0, 0.1) is 0 Å². The molecule has 0 unspecified atom stereocenters. The van der Waals surface area contributed by atoms with Gasteiger partial charge in [0.15, 0.2) is 0 Å². The fourth-order valence-corrected chi connectivity index (χ4v) is 1.94. The molecule has 1 amide bonds. The predicted molar refractivity (Wildman–Crippen MR) is 71.5 cm³/mol. The standard InChI is InChI=1S/C12H19N5O2/c1-12(2,3)19-11(18)17-5-7-8(6-17)15-10(13)16-9(7)14-4/h5-6H2,1-4H3,(H3,13,14,15,16). The van der Waals surface area contributed by atoms with E-state index in [0.29, 0.717) is 18.9 Å². The van der Waals surface area contributed by atoms with Crippen molar-refractivity contribution in [2.75, 3.05) is 18.1 Å². The Balaban J connectivity index is 2.18. The molecule has 0 spiro atoms. The molecule has 1 aromatic rings. The molecule has 7 nitrogen and oxygen atoms in total. The number of aromatic nitrogens is 2. The Hall–Kier alpha value is -2.05. The zero-order valence-corrected chi connectivity index (χ0v) is 11.6. The summed E-state index contributed by atoms with van der Waals surface area (Å²) in [5.74, 6) is 0.864. The summed E-state index contributed by atoms with van der Waals surface area (Å²) < 4.78 is 5.34. The smallest absolute Gasteiger partial charge is 0.410 e. The number of carbonyl (C=O) groups excluding carboxylic acids is 1. The van der Waals surface area contributed by atoms with E-state index in [0.717, 1.165) is 11.3 Å². The van der Waals surface area contributed by atoms with Crippen LogP contribution in [0.5, 0.6) is 0 Å².